The first kappa shape index (κ1) is 20.5. The molecule has 4 rings (SSSR count). The lowest BCUT2D eigenvalue weighted by atomic mass is 9.93. The van der Waals surface area contributed by atoms with Crippen molar-refractivity contribution in [3.63, 3.8) is 0 Å². The maximum absolute atomic E-state index is 13.0. The summed E-state index contributed by atoms with van der Waals surface area (Å²) in [6, 6.07) is 17.3. The maximum Gasteiger partial charge on any atom is 0.295 e. The van der Waals surface area contributed by atoms with E-state index < -0.39 is 17.7 Å². The standard InChI is InChI=1S/C24H19Cl2NO3/c1-2-12-27-21(15-10-11-18(25)19(26)13-15)20(23(29)24(27)30)22(28)17-9-5-7-14-6-3-4-8-16(14)17/h3-11,13,21,28H,2,12H2,1H3/b22-20-. The van der Waals surface area contributed by atoms with Gasteiger partial charge in [0.05, 0.1) is 21.7 Å². The van der Waals surface area contributed by atoms with Gasteiger partial charge in [-0.1, -0.05) is 78.7 Å². The number of halogens is 2. The van der Waals surface area contributed by atoms with Crippen LogP contribution in [-0.4, -0.2) is 28.2 Å². The normalized spacial score (nSPS) is 18.4. The third-order valence-corrected chi connectivity index (χ3v) is 6.05. The van der Waals surface area contributed by atoms with Gasteiger partial charge in [0.25, 0.3) is 11.7 Å². The first-order valence-corrected chi connectivity index (χ1v) is 10.4. The van der Waals surface area contributed by atoms with Crippen LogP contribution in [0.3, 0.4) is 0 Å². The summed E-state index contributed by atoms with van der Waals surface area (Å²) in [4.78, 5) is 27.3. The van der Waals surface area contributed by atoms with Crippen LogP contribution in [0, 0.1) is 0 Å². The fourth-order valence-corrected chi connectivity index (χ4v) is 4.26. The highest BCUT2D eigenvalue weighted by Gasteiger charge is 2.45. The van der Waals surface area contributed by atoms with Crippen LogP contribution in [-0.2, 0) is 9.59 Å². The molecular weight excluding hydrogens is 421 g/mol. The Kier molecular flexibility index (Phi) is 5.54. The smallest absolute Gasteiger partial charge is 0.295 e. The predicted octanol–water partition coefficient (Wildman–Crippen LogP) is 5.98. The molecule has 1 saturated heterocycles. The second-order valence-electron chi connectivity index (χ2n) is 7.19. The van der Waals surface area contributed by atoms with Crippen LogP contribution >= 0.6 is 23.2 Å². The number of Topliss-reactive ketones (excluding diaryl/α,β-unsaturated/α-hetero) is 1. The van der Waals surface area contributed by atoms with E-state index in [2.05, 4.69) is 0 Å². The number of ketones is 1. The predicted molar refractivity (Wildman–Crippen MR) is 120 cm³/mol. The summed E-state index contributed by atoms with van der Waals surface area (Å²) in [7, 11) is 0. The monoisotopic (exact) mass is 439 g/mol. The van der Waals surface area contributed by atoms with E-state index in [1.807, 2.05) is 43.3 Å². The van der Waals surface area contributed by atoms with Gasteiger partial charge in [0.15, 0.2) is 0 Å². The van der Waals surface area contributed by atoms with Gasteiger partial charge in [-0.2, -0.15) is 0 Å². The molecule has 0 spiro atoms. The van der Waals surface area contributed by atoms with Crippen LogP contribution in [0.25, 0.3) is 16.5 Å². The van der Waals surface area contributed by atoms with Gasteiger partial charge in [-0.25, -0.2) is 0 Å². The van der Waals surface area contributed by atoms with Gasteiger partial charge < -0.3 is 10.0 Å². The summed E-state index contributed by atoms with van der Waals surface area (Å²) in [6.07, 6.45) is 0.666. The molecule has 6 heteroatoms. The fraction of sp³-hybridized carbons (Fsp3) is 0.167. The van der Waals surface area contributed by atoms with Crippen LogP contribution in [0.15, 0.2) is 66.2 Å². The number of benzene rings is 3. The van der Waals surface area contributed by atoms with E-state index in [0.29, 0.717) is 34.1 Å². The van der Waals surface area contributed by atoms with Gasteiger partial charge in [-0.15, -0.1) is 0 Å². The molecule has 0 saturated carbocycles. The minimum atomic E-state index is -0.737. The molecule has 30 heavy (non-hydrogen) atoms. The number of aliphatic hydroxyl groups is 1. The Morgan fingerprint density at radius 2 is 1.73 bits per heavy atom. The summed E-state index contributed by atoms with van der Waals surface area (Å²) in [6.45, 7) is 2.30. The molecular formula is C24H19Cl2NO3. The zero-order valence-corrected chi connectivity index (χ0v) is 17.7. The van der Waals surface area contributed by atoms with Gasteiger partial charge in [-0.05, 0) is 34.9 Å². The number of rotatable bonds is 4. The molecule has 0 radical (unpaired) electrons. The molecule has 0 aliphatic carbocycles. The van der Waals surface area contributed by atoms with Crippen LogP contribution in [0.5, 0.6) is 0 Å². The molecule has 1 N–H and O–H groups in total. The summed E-state index contributed by atoms with van der Waals surface area (Å²) < 4.78 is 0. The van der Waals surface area contributed by atoms with E-state index in [0.717, 1.165) is 10.8 Å². The second-order valence-corrected chi connectivity index (χ2v) is 8.01. The van der Waals surface area contributed by atoms with Crippen LogP contribution in [0.1, 0.15) is 30.5 Å². The molecule has 1 unspecified atom stereocenters. The Hall–Kier alpha value is -2.82. The highest BCUT2D eigenvalue weighted by atomic mass is 35.5. The van der Waals surface area contributed by atoms with Crippen molar-refractivity contribution in [2.45, 2.75) is 19.4 Å². The topological polar surface area (TPSA) is 57.6 Å². The number of likely N-dealkylation sites (tertiary alicyclic amines) is 1. The Morgan fingerprint density at radius 3 is 2.47 bits per heavy atom. The Bertz CT molecular complexity index is 1200. The van der Waals surface area contributed by atoms with Crippen molar-refractivity contribution in [2.24, 2.45) is 0 Å². The van der Waals surface area contributed by atoms with E-state index in [9.17, 15) is 14.7 Å². The van der Waals surface area contributed by atoms with Gasteiger partial charge in [0, 0.05) is 12.1 Å². The van der Waals surface area contributed by atoms with Crippen LogP contribution < -0.4 is 0 Å². The molecule has 4 nitrogen and oxygen atoms in total. The van der Waals surface area contributed by atoms with Crippen LogP contribution in [0.4, 0.5) is 0 Å². The van der Waals surface area contributed by atoms with E-state index in [-0.39, 0.29) is 11.3 Å². The number of carbonyl (C=O) groups is 2. The second kappa shape index (κ2) is 8.13. The molecule has 0 bridgehead atoms. The van der Waals surface area contributed by atoms with Crippen molar-refractivity contribution in [1.29, 1.82) is 0 Å². The maximum atomic E-state index is 13.0. The number of amides is 1. The summed E-state index contributed by atoms with van der Waals surface area (Å²) in [5.41, 5.74) is 1.19. The lowest BCUT2D eigenvalue weighted by Crippen LogP contribution is -2.30. The number of carbonyl (C=O) groups excluding carboxylic acids is 2. The SMILES string of the molecule is CCCN1C(=O)C(=O)/C(=C(\O)c2cccc3ccccc23)C1c1ccc(Cl)c(Cl)c1. The molecule has 152 valence electrons. The average molecular weight is 440 g/mol. The Morgan fingerprint density at radius 1 is 1.00 bits per heavy atom. The first-order valence-electron chi connectivity index (χ1n) is 9.65. The van der Waals surface area contributed by atoms with E-state index >= 15 is 0 Å². The molecule has 1 fully saturated rings. The van der Waals surface area contributed by atoms with Gasteiger partial charge in [0.1, 0.15) is 5.76 Å². The molecule has 3 aromatic rings. The number of hydrogen-bond acceptors (Lipinski definition) is 3. The highest BCUT2D eigenvalue weighted by Crippen LogP contribution is 2.41. The van der Waals surface area contributed by atoms with Crippen molar-refractivity contribution in [2.75, 3.05) is 6.54 Å². The molecule has 1 atom stereocenters. The molecule has 1 amide bonds. The first-order chi connectivity index (χ1) is 14.4. The summed E-state index contributed by atoms with van der Waals surface area (Å²) in [5, 5.41) is 13.7. The Labute approximate surface area is 184 Å². The van der Waals surface area contributed by atoms with E-state index in [1.54, 1.807) is 24.3 Å². The van der Waals surface area contributed by atoms with Gasteiger partial charge in [-0.3, -0.25) is 9.59 Å². The lowest BCUT2D eigenvalue weighted by Gasteiger charge is -2.25. The largest absolute Gasteiger partial charge is 0.507 e. The third-order valence-electron chi connectivity index (χ3n) is 5.31. The average Bonchev–Trinajstić information content (AvgIpc) is 3.00. The highest BCUT2D eigenvalue weighted by molar-refractivity contribution is 6.47. The van der Waals surface area contributed by atoms with E-state index in [1.165, 1.54) is 4.90 Å². The molecule has 1 aliphatic heterocycles. The number of nitrogens with zero attached hydrogens (tertiary/aromatic N) is 1. The van der Waals surface area contributed by atoms with Crippen molar-refractivity contribution < 1.29 is 14.7 Å². The molecule has 1 aliphatic rings. The summed E-state index contributed by atoms with van der Waals surface area (Å²) in [5.74, 6) is -1.53. The minimum absolute atomic E-state index is 0.0585. The quantitative estimate of drug-likeness (QED) is 0.309. The van der Waals surface area contributed by atoms with Crippen LogP contribution in [0.2, 0.25) is 10.0 Å². The van der Waals surface area contributed by atoms with Gasteiger partial charge in [0.2, 0.25) is 0 Å². The van der Waals surface area contributed by atoms with E-state index in [4.69, 9.17) is 23.2 Å². The molecule has 1 heterocycles. The Balaban J connectivity index is 1.97. The number of hydrogen-bond donors (Lipinski definition) is 1. The van der Waals surface area contributed by atoms with Crippen molar-refractivity contribution in [1.82, 2.24) is 4.90 Å². The van der Waals surface area contributed by atoms with Crippen molar-refractivity contribution in [3.05, 3.63) is 87.4 Å². The lowest BCUT2D eigenvalue weighted by molar-refractivity contribution is -0.139. The van der Waals surface area contributed by atoms with Gasteiger partial charge >= 0.3 is 0 Å². The zero-order valence-electron chi connectivity index (χ0n) is 16.2. The summed E-state index contributed by atoms with van der Waals surface area (Å²) >= 11 is 12.3. The minimum Gasteiger partial charge on any atom is -0.507 e. The van der Waals surface area contributed by atoms with Crippen molar-refractivity contribution >= 4 is 51.4 Å². The molecule has 3 aromatic carbocycles. The third kappa shape index (κ3) is 3.36. The number of aliphatic hydroxyl groups excluding tert-OH is 1. The molecule has 0 aromatic heterocycles. The number of fused-ring (bicyclic) bond motifs is 1. The van der Waals surface area contributed by atoms with Crippen molar-refractivity contribution in [3.8, 4) is 0 Å². The zero-order chi connectivity index (χ0) is 21.4. The fourth-order valence-electron chi connectivity index (χ4n) is 3.96.